The summed E-state index contributed by atoms with van der Waals surface area (Å²) in [7, 11) is 2.16. The van der Waals surface area contributed by atoms with E-state index in [4.69, 9.17) is 5.26 Å². The molecule has 0 saturated heterocycles. The maximum Gasteiger partial charge on any atom is 0.0672 e. The number of nitrogens with zero attached hydrogens (tertiary/aromatic N) is 2. The van der Waals surface area contributed by atoms with Gasteiger partial charge in [0.05, 0.1) is 12.0 Å². The zero-order valence-corrected chi connectivity index (χ0v) is 10.5. The number of nitriles is 1. The number of likely N-dealkylation sites (N-methyl/N-ethyl adjacent to an activating group) is 1. The summed E-state index contributed by atoms with van der Waals surface area (Å²) >= 11 is 0. The van der Waals surface area contributed by atoms with Gasteiger partial charge in [0.15, 0.2) is 0 Å². The van der Waals surface area contributed by atoms with Gasteiger partial charge in [0.1, 0.15) is 0 Å². The third-order valence-electron chi connectivity index (χ3n) is 3.81. The predicted octanol–water partition coefficient (Wildman–Crippen LogP) is 2.85. The Morgan fingerprint density at radius 3 is 2.76 bits per heavy atom. The topological polar surface area (TPSA) is 27.0 Å². The summed E-state index contributed by atoms with van der Waals surface area (Å²) in [5.41, 5.74) is 1.38. The molecule has 1 aromatic rings. The van der Waals surface area contributed by atoms with Crippen LogP contribution in [0.2, 0.25) is 0 Å². The van der Waals surface area contributed by atoms with Crippen molar-refractivity contribution in [2.45, 2.75) is 31.7 Å². The summed E-state index contributed by atoms with van der Waals surface area (Å²) in [4.78, 5) is 2.37. The van der Waals surface area contributed by atoms with Crippen LogP contribution < -0.4 is 0 Å². The van der Waals surface area contributed by atoms with Gasteiger partial charge < -0.3 is 4.90 Å². The van der Waals surface area contributed by atoms with Crippen LogP contribution in [0, 0.1) is 17.2 Å². The van der Waals surface area contributed by atoms with Crippen molar-refractivity contribution in [3.05, 3.63) is 35.9 Å². The third-order valence-corrected chi connectivity index (χ3v) is 3.81. The molecule has 0 radical (unpaired) electrons. The largest absolute Gasteiger partial charge is 0.302 e. The van der Waals surface area contributed by atoms with Crippen LogP contribution in [0.3, 0.4) is 0 Å². The molecule has 90 valence electrons. The van der Waals surface area contributed by atoms with Gasteiger partial charge in [-0.25, -0.2) is 0 Å². The van der Waals surface area contributed by atoms with E-state index in [1.54, 1.807) is 0 Å². The Morgan fingerprint density at radius 2 is 2.06 bits per heavy atom. The zero-order valence-electron chi connectivity index (χ0n) is 10.5. The fraction of sp³-hybridized carbons (Fsp3) is 0.533. The third kappa shape index (κ3) is 3.08. The van der Waals surface area contributed by atoms with E-state index in [9.17, 15) is 0 Å². The average Bonchev–Trinajstić information content (AvgIpc) is 2.85. The number of hydrogen-bond donors (Lipinski definition) is 0. The van der Waals surface area contributed by atoms with Crippen LogP contribution in [0.15, 0.2) is 30.3 Å². The summed E-state index contributed by atoms with van der Waals surface area (Å²) < 4.78 is 0. The van der Waals surface area contributed by atoms with Crippen molar-refractivity contribution in [2.75, 3.05) is 13.6 Å². The normalized spacial score (nSPS) is 23.8. The van der Waals surface area contributed by atoms with Crippen LogP contribution >= 0.6 is 0 Å². The van der Waals surface area contributed by atoms with Crippen LogP contribution in [-0.2, 0) is 6.42 Å². The molecule has 1 aromatic carbocycles. The Hall–Kier alpha value is -1.33. The first kappa shape index (κ1) is 12.1. The van der Waals surface area contributed by atoms with Crippen molar-refractivity contribution in [3.63, 3.8) is 0 Å². The molecule has 1 aliphatic carbocycles. The highest BCUT2D eigenvalue weighted by atomic mass is 15.1. The molecule has 0 N–H and O–H groups in total. The second kappa shape index (κ2) is 5.84. The standard InChI is InChI=1S/C15H20N2/c1-17(15-9-5-8-14(15)12-16)11-10-13-6-3-2-4-7-13/h2-4,6-7,14-15H,5,8-11H2,1H3. The lowest BCUT2D eigenvalue weighted by atomic mass is 10.0. The Kier molecular flexibility index (Phi) is 4.17. The average molecular weight is 228 g/mol. The number of hydrogen-bond acceptors (Lipinski definition) is 2. The summed E-state index contributed by atoms with van der Waals surface area (Å²) in [6, 6.07) is 13.5. The lowest BCUT2D eigenvalue weighted by Crippen LogP contribution is -2.35. The fourth-order valence-corrected chi connectivity index (χ4v) is 2.73. The number of rotatable bonds is 4. The van der Waals surface area contributed by atoms with Gasteiger partial charge in [0, 0.05) is 12.6 Å². The van der Waals surface area contributed by atoms with Crippen LogP contribution in [0.4, 0.5) is 0 Å². The molecular weight excluding hydrogens is 208 g/mol. The van der Waals surface area contributed by atoms with Crippen LogP contribution in [0.5, 0.6) is 0 Å². The van der Waals surface area contributed by atoms with Gasteiger partial charge in [-0.05, 0) is 31.9 Å². The molecule has 17 heavy (non-hydrogen) atoms. The molecule has 0 heterocycles. The minimum atomic E-state index is 0.246. The highest BCUT2D eigenvalue weighted by Gasteiger charge is 2.29. The highest BCUT2D eigenvalue weighted by Crippen LogP contribution is 2.28. The monoisotopic (exact) mass is 228 g/mol. The molecular formula is C15H20N2. The summed E-state index contributed by atoms with van der Waals surface area (Å²) in [6.07, 6.45) is 4.55. The summed E-state index contributed by atoms with van der Waals surface area (Å²) in [6.45, 7) is 1.05. The summed E-state index contributed by atoms with van der Waals surface area (Å²) in [5, 5.41) is 9.09. The predicted molar refractivity (Wildman–Crippen MR) is 69.5 cm³/mol. The van der Waals surface area contributed by atoms with Gasteiger partial charge >= 0.3 is 0 Å². The summed E-state index contributed by atoms with van der Waals surface area (Å²) in [5.74, 6) is 0.246. The molecule has 2 unspecified atom stereocenters. The Labute approximate surface area is 104 Å². The minimum absolute atomic E-state index is 0.246. The van der Waals surface area contributed by atoms with E-state index in [-0.39, 0.29) is 5.92 Å². The number of benzene rings is 1. The van der Waals surface area contributed by atoms with E-state index >= 15 is 0 Å². The molecule has 2 rings (SSSR count). The molecule has 0 amide bonds. The molecule has 1 saturated carbocycles. The Bertz CT molecular complexity index is 380. The van der Waals surface area contributed by atoms with Gasteiger partial charge in [-0.1, -0.05) is 36.8 Å². The Balaban J connectivity index is 1.85. The molecule has 0 aromatic heterocycles. The van der Waals surface area contributed by atoms with Crippen molar-refractivity contribution < 1.29 is 0 Å². The molecule has 0 spiro atoms. The first-order chi connectivity index (χ1) is 8.31. The van der Waals surface area contributed by atoms with E-state index in [1.807, 2.05) is 0 Å². The lowest BCUT2D eigenvalue weighted by Gasteiger charge is -2.26. The van der Waals surface area contributed by atoms with E-state index < -0.39 is 0 Å². The molecule has 0 bridgehead atoms. The van der Waals surface area contributed by atoms with E-state index in [1.165, 1.54) is 18.4 Å². The van der Waals surface area contributed by atoms with Crippen molar-refractivity contribution in [3.8, 4) is 6.07 Å². The van der Waals surface area contributed by atoms with Crippen molar-refractivity contribution in [1.82, 2.24) is 4.90 Å². The highest BCUT2D eigenvalue weighted by molar-refractivity contribution is 5.15. The van der Waals surface area contributed by atoms with Crippen LogP contribution in [-0.4, -0.2) is 24.5 Å². The Morgan fingerprint density at radius 1 is 1.29 bits per heavy atom. The van der Waals surface area contributed by atoms with Crippen LogP contribution in [0.1, 0.15) is 24.8 Å². The maximum atomic E-state index is 9.09. The second-order valence-corrected chi connectivity index (χ2v) is 4.95. The van der Waals surface area contributed by atoms with E-state index in [0.29, 0.717) is 6.04 Å². The second-order valence-electron chi connectivity index (χ2n) is 4.95. The van der Waals surface area contributed by atoms with Gasteiger partial charge in [-0.2, -0.15) is 5.26 Å². The molecule has 2 heteroatoms. The maximum absolute atomic E-state index is 9.09. The quantitative estimate of drug-likeness (QED) is 0.792. The molecule has 0 aliphatic heterocycles. The van der Waals surface area contributed by atoms with Crippen molar-refractivity contribution >= 4 is 0 Å². The van der Waals surface area contributed by atoms with Crippen LogP contribution in [0.25, 0.3) is 0 Å². The first-order valence-corrected chi connectivity index (χ1v) is 6.45. The van der Waals surface area contributed by atoms with Gasteiger partial charge in [-0.3, -0.25) is 0 Å². The smallest absolute Gasteiger partial charge is 0.0672 e. The first-order valence-electron chi connectivity index (χ1n) is 6.45. The van der Waals surface area contributed by atoms with Gasteiger partial charge in [0.25, 0.3) is 0 Å². The molecule has 1 aliphatic rings. The van der Waals surface area contributed by atoms with E-state index in [2.05, 4.69) is 48.3 Å². The molecule has 2 atom stereocenters. The minimum Gasteiger partial charge on any atom is -0.302 e. The van der Waals surface area contributed by atoms with Gasteiger partial charge in [0.2, 0.25) is 0 Å². The van der Waals surface area contributed by atoms with Crippen molar-refractivity contribution in [1.29, 1.82) is 5.26 Å². The van der Waals surface area contributed by atoms with E-state index in [0.717, 1.165) is 19.4 Å². The zero-order chi connectivity index (χ0) is 12.1. The van der Waals surface area contributed by atoms with Gasteiger partial charge in [-0.15, -0.1) is 0 Å². The fourth-order valence-electron chi connectivity index (χ4n) is 2.73. The lowest BCUT2D eigenvalue weighted by molar-refractivity contribution is 0.223. The SMILES string of the molecule is CN(CCc1ccccc1)C1CCCC1C#N. The van der Waals surface area contributed by atoms with Crippen molar-refractivity contribution in [2.24, 2.45) is 5.92 Å². The molecule has 1 fully saturated rings. The molecule has 2 nitrogen and oxygen atoms in total.